The highest BCUT2D eigenvalue weighted by Gasteiger charge is 2.14. The number of benzene rings is 1. The zero-order chi connectivity index (χ0) is 17.4. The van der Waals surface area contributed by atoms with Crippen molar-refractivity contribution in [3.05, 3.63) is 29.8 Å². The van der Waals surface area contributed by atoms with Crippen LogP contribution in [0, 0.1) is 0 Å². The SMILES string of the molecule is COc1cc(/C=C/C(=O)NC2CCCCC2)ccc1OCC(N)=O. The molecule has 0 aromatic heterocycles. The molecule has 0 saturated heterocycles. The van der Waals surface area contributed by atoms with E-state index in [2.05, 4.69) is 5.32 Å². The van der Waals surface area contributed by atoms with Crippen LogP contribution in [-0.2, 0) is 9.59 Å². The van der Waals surface area contributed by atoms with Gasteiger partial charge in [-0.15, -0.1) is 0 Å². The summed E-state index contributed by atoms with van der Waals surface area (Å²) in [6.07, 6.45) is 8.97. The molecule has 1 saturated carbocycles. The molecule has 1 aliphatic rings. The van der Waals surface area contributed by atoms with E-state index in [1.54, 1.807) is 24.3 Å². The second kappa shape index (κ2) is 8.96. The minimum atomic E-state index is -0.555. The molecule has 6 nitrogen and oxygen atoms in total. The monoisotopic (exact) mass is 332 g/mol. The zero-order valence-electron chi connectivity index (χ0n) is 13.9. The molecule has 3 N–H and O–H groups in total. The number of carbonyl (C=O) groups excluding carboxylic acids is 2. The largest absolute Gasteiger partial charge is 0.493 e. The van der Waals surface area contributed by atoms with Gasteiger partial charge < -0.3 is 20.5 Å². The molecule has 0 unspecified atom stereocenters. The molecule has 1 aromatic carbocycles. The summed E-state index contributed by atoms with van der Waals surface area (Å²) in [6.45, 7) is -0.213. The first kappa shape index (κ1) is 17.8. The summed E-state index contributed by atoms with van der Waals surface area (Å²) in [6, 6.07) is 5.49. The normalized spacial score (nSPS) is 15.2. The first-order chi connectivity index (χ1) is 11.6. The highest BCUT2D eigenvalue weighted by atomic mass is 16.5. The number of primary amides is 1. The van der Waals surface area contributed by atoms with Crippen LogP contribution in [0.1, 0.15) is 37.7 Å². The molecule has 0 aliphatic heterocycles. The van der Waals surface area contributed by atoms with E-state index in [0.29, 0.717) is 11.5 Å². The number of nitrogens with two attached hydrogens (primary N) is 1. The van der Waals surface area contributed by atoms with Gasteiger partial charge >= 0.3 is 0 Å². The molecule has 1 fully saturated rings. The van der Waals surface area contributed by atoms with E-state index in [1.165, 1.54) is 32.4 Å². The van der Waals surface area contributed by atoms with Crippen LogP contribution >= 0.6 is 0 Å². The average molecular weight is 332 g/mol. The number of nitrogens with one attached hydrogen (secondary N) is 1. The number of hydrogen-bond donors (Lipinski definition) is 2. The van der Waals surface area contributed by atoms with Crippen LogP contribution in [0.15, 0.2) is 24.3 Å². The lowest BCUT2D eigenvalue weighted by atomic mass is 9.95. The highest BCUT2D eigenvalue weighted by Crippen LogP contribution is 2.28. The number of carbonyl (C=O) groups is 2. The third kappa shape index (κ3) is 5.61. The lowest BCUT2D eigenvalue weighted by molar-refractivity contribution is -0.120. The first-order valence-corrected chi connectivity index (χ1v) is 8.16. The summed E-state index contributed by atoms with van der Waals surface area (Å²) in [7, 11) is 1.51. The van der Waals surface area contributed by atoms with Crippen molar-refractivity contribution in [2.75, 3.05) is 13.7 Å². The van der Waals surface area contributed by atoms with Gasteiger partial charge in [-0.25, -0.2) is 0 Å². The van der Waals surface area contributed by atoms with Gasteiger partial charge in [-0.3, -0.25) is 9.59 Å². The molecule has 0 radical (unpaired) electrons. The van der Waals surface area contributed by atoms with Crippen molar-refractivity contribution in [3.63, 3.8) is 0 Å². The predicted octanol–water partition coefficient (Wildman–Crippen LogP) is 2.02. The molecule has 1 aliphatic carbocycles. The molecule has 0 bridgehead atoms. The standard InChI is InChI=1S/C18H24N2O4/c1-23-16-11-13(7-9-15(16)24-12-17(19)21)8-10-18(22)20-14-5-3-2-4-6-14/h7-11,14H,2-6,12H2,1H3,(H2,19,21)(H,20,22)/b10-8+. The summed E-state index contributed by atoms with van der Waals surface area (Å²) in [5, 5.41) is 3.03. The predicted molar refractivity (Wildman–Crippen MR) is 91.7 cm³/mol. The van der Waals surface area contributed by atoms with Crippen LogP contribution in [0.2, 0.25) is 0 Å². The minimum Gasteiger partial charge on any atom is -0.493 e. The quantitative estimate of drug-likeness (QED) is 0.747. The third-order valence-electron chi connectivity index (χ3n) is 3.94. The summed E-state index contributed by atoms with van der Waals surface area (Å²) < 4.78 is 10.5. The smallest absolute Gasteiger partial charge is 0.255 e. The molecule has 2 amide bonds. The van der Waals surface area contributed by atoms with Crippen LogP contribution in [0.5, 0.6) is 11.5 Å². The second-order valence-electron chi connectivity index (χ2n) is 5.84. The Labute approximate surface area is 142 Å². The maximum Gasteiger partial charge on any atom is 0.255 e. The van der Waals surface area contributed by atoms with Gasteiger partial charge in [0.25, 0.3) is 5.91 Å². The number of ether oxygens (including phenoxy) is 2. The van der Waals surface area contributed by atoms with Gasteiger partial charge in [-0.2, -0.15) is 0 Å². The van der Waals surface area contributed by atoms with Gasteiger partial charge in [0.2, 0.25) is 5.91 Å². The average Bonchev–Trinajstić information content (AvgIpc) is 2.59. The summed E-state index contributed by atoms with van der Waals surface area (Å²) >= 11 is 0. The van der Waals surface area contributed by atoms with Crippen LogP contribution in [0.4, 0.5) is 0 Å². The zero-order valence-corrected chi connectivity index (χ0v) is 13.9. The van der Waals surface area contributed by atoms with Gasteiger partial charge in [0.1, 0.15) is 0 Å². The van der Waals surface area contributed by atoms with E-state index in [4.69, 9.17) is 15.2 Å². The third-order valence-corrected chi connectivity index (χ3v) is 3.94. The minimum absolute atomic E-state index is 0.0880. The maximum atomic E-state index is 12.0. The first-order valence-electron chi connectivity index (χ1n) is 8.16. The number of rotatable bonds is 7. The van der Waals surface area contributed by atoms with Crippen molar-refractivity contribution < 1.29 is 19.1 Å². The van der Waals surface area contributed by atoms with E-state index < -0.39 is 5.91 Å². The Morgan fingerprint density at radius 1 is 1.25 bits per heavy atom. The molecule has 0 spiro atoms. The Balaban J connectivity index is 1.95. The fraction of sp³-hybridized carbons (Fsp3) is 0.444. The van der Waals surface area contributed by atoms with Crippen molar-refractivity contribution in [2.45, 2.75) is 38.1 Å². The van der Waals surface area contributed by atoms with Gasteiger partial charge in [0.15, 0.2) is 18.1 Å². The highest BCUT2D eigenvalue weighted by molar-refractivity contribution is 5.92. The molecular formula is C18H24N2O4. The molecule has 1 aromatic rings. The van der Waals surface area contributed by atoms with E-state index in [0.717, 1.165) is 18.4 Å². The van der Waals surface area contributed by atoms with Crippen molar-refractivity contribution in [3.8, 4) is 11.5 Å². The van der Waals surface area contributed by atoms with Crippen LogP contribution < -0.4 is 20.5 Å². The topological polar surface area (TPSA) is 90.7 Å². The molecule has 6 heteroatoms. The fourth-order valence-corrected chi connectivity index (χ4v) is 2.72. The molecule has 0 heterocycles. The molecule has 24 heavy (non-hydrogen) atoms. The molecule has 130 valence electrons. The molecule has 2 rings (SSSR count). The van der Waals surface area contributed by atoms with E-state index in [-0.39, 0.29) is 18.6 Å². The number of amides is 2. The second-order valence-corrected chi connectivity index (χ2v) is 5.84. The lowest BCUT2D eigenvalue weighted by Gasteiger charge is -2.21. The van der Waals surface area contributed by atoms with Gasteiger partial charge in [-0.05, 0) is 36.6 Å². The van der Waals surface area contributed by atoms with E-state index in [9.17, 15) is 9.59 Å². The van der Waals surface area contributed by atoms with Gasteiger partial charge in [0, 0.05) is 12.1 Å². The Hall–Kier alpha value is -2.50. The molecular weight excluding hydrogens is 308 g/mol. The van der Waals surface area contributed by atoms with Crippen LogP contribution in [0.3, 0.4) is 0 Å². The summed E-state index contributed by atoms with van der Waals surface area (Å²) in [4.78, 5) is 22.8. The Morgan fingerprint density at radius 2 is 2.00 bits per heavy atom. The number of hydrogen-bond acceptors (Lipinski definition) is 4. The van der Waals surface area contributed by atoms with Gasteiger partial charge in [0.05, 0.1) is 7.11 Å². The van der Waals surface area contributed by atoms with Crippen molar-refractivity contribution in [1.29, 1.82) is 0 Å². The Kier molecular flexibility index (Phi) is 6.66. The van der Waals surface area contributed by atoms with Gasteiger partial charge in [-0.1, -0.05) is 25.3 Å². The lowest BCUT2D eigenvalue weighted by Crippen LogP contribution is -2.34. The maximum absolute atomic E-state index is 12.0. The van der Waals surface area contributed by atoms with E-state index >= 15 is 0 Å². The fourth-order valence-electron chi connectivity index (χ4n) is 2.72. The number of methoxy groups -OCH3 is 1. The summed E-state index contributed by atoms with van der Waals surface area (Å²) in [5.74, 6) is 0.265. The Morgan fingerprint density at radius 3 is 2.67 bits per heavy atom. The molecule has 0 atom stereocenters. The summed E-state index contributed by atoms with van der Waals surface area (Å²) in [5.41, 5.74) is 5.86. The van der Waals surface area contributed by atoms with Crippen LogP contribution in [-0.4, -0.2) is 31.6 Å². The van der Waals surface area contributed by atoms with Crippen molar-refractivity contribution in [2.24, 2.45) is 5.73 Å². The van der Waals surface area contributed by atoms with Crippen LogP contribution in [0.25, 0.3) is 6.08 Å². The Bertz CT molecular complexity index is 607. The van der Waals surface area contributed by atoms with Crippen molar-refractivity contribution in [1.82, 2.24) is 5.32 Å². The van der Waals surface area contributed by atoms with E-state index in [1.807, 2.05) is 0 Å². The van der Waals surface area contributed by atoms with Crippen molar-refractivity contribution >= 4 is 17.9 Å².